The number of ether oxygens (including phenoxy) is 2. The van der Waals surface area contributed by atoms with Crippen molar-refractivity contribution in [2.75, 3.05) is 14.2 Å². The van der Waals surface area contributed by atoms with E-state index in [1.807, 2.05) is 0 Å². The van der Waals surface area contributed by atoms with E-state index in [2.05, 4.69) is 9.47 Å². The first-order chi connectivity index (χ1) is 6.32. The van der Waals surface area contributed by atoms with E-state index >= 15 is 0 Å². The number of hydrogen-bond donors (Lipinski definition) is 0. The van der Waals surface area contributed by atoms with E-state index in [9.17, 15) is 22.6 Å². The van der Waals surface area contributed by atoms with Crippen molar-refractivity contribution >= 4 is 22.1 Å². The van der Waals surface area contributed by atoms with Crippen LogP contribution in [0.1, 0.15) is 6.42 Å². The van der Waals surface area contributed by atoms with Gasteiger partial charge in [0, 0.05) is 0 Å². The Bertz CT molecular complexity index is 317. The van der Waals surface area contributed by atoms with Crippen molar-refractivity contribution in [3.8, 4) is 0 Å². The van der Waals surface area contributed by atoms with Crippen LogP contribution in [0.2, 0.25) is 0 Å². The topological polar surface area (TPSA) is 110 Å². The molecule has 82 valence electrons. The molecule has 0 saturated carbocycles. The molecule has 0 aromatic heterocycles. The molecule has 14 heavy (non-hydrogen) atoms. The fraction of sp³-hybridized carbons (Fsp3) is 0.667. The molecule has 0 saturated heterocycles. The molecule has 0 heterocycles. The highest BCUT2D eigenvalue weighted by Crippen LogP contribution is 2.07. The fourth-order valence-corrected chi connectivity index (χ4v) is 1.34. The van der Waals surface area contributed by atoms with Crippen LogP contribution >= 0.6 is 0 Å². The van der Waals surface area contributed by atoms with Gasteiger partial charge in [-0.2, -0.15) is 0 Å². The first-order valence-corrected chi connectivity index (χ1v) is 4.89. The Hall–Kier alpha value is -1.15. The summed E-state index contributed by atoms with van der Waals surface area (Å²) in [4.78, 5) is 21.5. The number of esters is 2. The molecular weight excluding hydrogens is 216 g/mol. The van der Waals surface area contributed by atoms with E-state index in [0.29, 0.717) is 0 Å². The van der Waals surface area contributed by atoms with Gasteiger partial charge in [0.15, 0.2) is 5.25 Å². The second-order valence-electron chi connectivity index (χ2n) is 2.28. The lowest BCUT2D eigenvalue weighted by molar-refractivity contribution is -0.146. The number of carbonyl (C=O) groups excluding carboxylic acids is 2. The monoisotopic (exact) mass is 225 g/mol. The first kappa shape index (κ1) is 12.8. The van der Waals surface area contributed by atoms with Crippen LogP contribution in [0.4, 0.5) is 0 Å². The second-order valence-corrected chi connectivity index (χ2v) is 3.84. The molecule has 1 atom stereocenters. The zero-order chi connectivity index (χ0) is 11.4. The Morgan fingerprint density at radius 2 is 1.79 bits per heavy atom. The van der Waals surface area contributed by atoms with Crippen molar-refractivity contribution in [3.63, 3.8) is 0 Å². The maximum Gasteiger partial charge on any atom is 0.323 e. The summed E-state index contributed by atoms with van der Waals surface area (Å²) in [5.41, 5.74) is 0. The van der Waals surface area contributed by atoms with Gasteiger partial charge in [-0.15, -0.1) is 0 Å². The summed E-state index contributed by atoms with van der Waals surface area (Å²) in [5.74, 6) is -2.25. The van der Waals surface area contributed by atoms with E-state index in [-0.39, 0.29) is 0 Å². The Labute approximate surface area is 80.7 Å². The van der Waals surface area contributed by atoms with Crippen LogP contribution in [0.3, 0.4) is 0 Å². The average molecular weight is 225 g/mol. The van der Waals surface area contributed by atoms with Crippen molar-refractivity contribution in [2.24, 2.45) is 0 Å². The Morgan fingerprint density at radius 3 is 2.07 bits per heavy atom. The molecule has 1 unspecified atom stereocenters. The zero-order valence-corrected chi connectivity index (χ0v) is 8.37. The molecule has 0 radical (unpaired) electrons. The standard InChI is InChI=1S/C6H10O7S/c1-12-5(7)3-4(6(8)13-2)14(9,10)11/h4H,3H2,1-2H3,(H,9,10,11)/p-1. The third kappa shape index (κ3) is 3.71. The third-order valence-corrected chi connectivity index (χ3v) is 2.45. The molecule has 8 heteroatoms. The normalized spacial score (nSPS) is 13.1. The molecule has 0 aromatic carbocycles. The van der Waals surface area contributed by atoms with E-state index in [1.165, 1.54) is 0 Å². The predicted molar refractivity (Wildman–Crippen MR) is 42.1 cm³/mol. The van der Waals surface area contributed by atoms with Gasteiger partial charge in [-0.3, -0.25) is 9.59 Å². The molecular formula is C6H9O7S-. The molecule has 0 amide bonds. The van der Waals surface area contributed by atoms with Gasteiger partial charge in [0.05, 0.1) is 20.6 Å². The molecule has 0 spiro atoms. The highest BCUT2D eigenvalue weighted by atomic mass is 32.2. The minimum Gasteiger partial charge on any atom is -0.747 e. The van der Waals surface area contributed by atoms with Crippen LogP contribution in [-0.2, 0) is 29.2 Å². The lowest BCUT2D eigenvalue weighted by Crippen LogP contribution is -2.33. The molecule has 0 aliphatic carbocycles. The Balaban J connectivity index is 4.76. The van der Waals surface area contributed by atoms with Crippen LogP contribution in [0.25, 0.3) is 0 Å². The highest BCUT2D eigenvalue weighted by Gasteiger charge is 2.29. The third-order valence-electron chi connectivity index (χ3n) is 1.39. The molecule has 0 bridgehead atoms. The van der Waals surface area contributed by atoms with Crippen molar-refractivity contribution in [1.29, 1.82) is 0 Å². The van der Waals surface area contributed by atoms with Gasteiger partial charge in [-0.25, -0.2) is 8.42 Å². The first-order valence-electron chi connectivity index (χ1n) is 3.42. The van der Waals surface area contributed by atoms with Crippen molar-refractivity contribution in [1.82, 2.24) is 0 Å². The van der Waals surface area contributed by atoms with Crippen LogP contribution in [0.5, 0.6) is 0 Å². The predicted octanol–water partition coefficient (Wildman–Crippen LogP) is -1.36. The number of carbonyl (C=O) groups is 2. The molecule has 0 fully saturated rings. The van der Waals surface area contributed by atoms with E-state index in [4.69, 9.17) is 0 Å². The molecule has 7 nitrogen and oxygen atoms in total. The van der Waals surface area contributed by atoms with Crippen LogP contribution in [0.15, 0.2) is 0 Å². The van der Waals surface area contributed by atoms with E-state index in [1.54, 1.807) is 0 Å². The van der Waals surface area contributed by atoms with Crippen LogP contribution in [0, 0.1) is 0 Å². The van der Waals surface area contributed by atoms with Crippen molar-refractivity contribution < 1.29 is 32.0 Å². The van der Waals surface area contributed by atoms with Gasteiger partial charge in [-0.05, 0) is 0 Å². The second kappa shape index (κ2) is 4.91. The SMILES string of the molecule is COC(=O)CC(C(=O)OC)S(=O)(=O)[O-]. The smallest absolute Gasteiger partial charge is 0.323 e. The van der Waals surface area contributed by atoms with Gasteiger partial charge in [-0.1, -0.05) is 0 Å². The Morgan fingerprint density at radius 1 is 1.29 bits per heavy atom. The van der Waals surface area contributed by atoms with Crippen molar-refractivity contribution in [2.45, 2.75) is 11.7 Å². The average Bonchev–Trinajstić information content (AvgIpc) is 2.10. The summed E-state index contributed by atoms with van der Waals surface area (Å²) >= 11 is 0. The maximum atomic E-state index is 10.8. The number of hydrogen-bond acceptors (Lipinski definition) is 7. The zero-order valence-electron chi connectivity index (χ0n) is 7.55. The summed E-state index contributed by atoms with van der Waals surface area (Å²) < 4.78 is 39.7. The largest absolute Gasteiger partial charge is 0.747 e. The molecule has 0 N–H and O–H groups in total. The number of rotatable bonds is 4. The van der Waals surface area contributed by atoms with Crippen LogP contribution < -0.4 is 0 Å². The summed E-state index contributed by atoms with van der Waals surface area (Å²) in [6.07, 6.45) is -0.838. The minimum absolute atomic E-state index is 0.838. The minimum atomic E-state index is -4.91. The lowest BCUT2D eigenvalue weighted by atomic mass is 10.3. The maximum absolute atomic E-state index is 10.8. The molecule has 0 aliphatic heterocycles. The van der Waals surface area contributed by atoms with E-state index in [0.717, 1.165) is 14.2 Å². The fourth-order valence-electron chi connectivity index (χ4n) is 0.669. The van der Waals surface area contributed by atoms with Gasteiger partial charge in [0.1, 0.15) is 10.1 Å². The summed E-state index contributed by atoms with van der Waals surface area (Å²) in [6.45, 7) is 0. The molecule has 0 aliphatic rings. The lowest BCUT2D eigenvalue weighted by Gasteiger charge is -2.16. The Kier molecular flexibility index (Phi) is 4.51. The molecule has 0 rings (SSSR count). The van der Waals surface area contributed by atoms with Crippen molar-refractivity contribution in [3.05, 3.63) is 0 Å². The van der Waals surface area contributed by atoms with Crippen LogP contribution in [-0.4, -0.2) is 44.4 Å². The number of methoxy groups -OCH3 is 2. The van der Waals surface area contributed by atoms with Gasteiger partial charge < -0.3 is 14.0 Å². The van der Waals surface area contributed by atoms with E-state index < -0.39 is 33.7 Å². The highest BCUT2D eigenvalue weighted by molar-refractivity contribution is 7.87. The summed E-state index contributed by atoms with van der Waals surface area (Å²) in [7, 11) is -2.98. The summed E-state index contributed by atoms with van der Waals surface area (Å²) in [5, 5.41) is -2.04. The quantitative estimate of drug-likeness (QED) is 0.429. The van der Waals surface area contributed by atoms with Gasteiger partial charge in [0.2, 0.25) is 0 Å². The van der Waals surface area contributed by atoms with Gasteiger partial charge >= 0.3 is 11.9 Å². The molecule has 0 aromatic rings. The van der Waals surface area contributed by atoms with Gasteiger partial charge in [0.25, 0.3) is 0 Å². The summed E-state index contributed by atoms with van der Waals surface area (Å²) in [6, 6.07) is 0.